The third kappa shape index (κ3) is 3.49. The maximum absolute atomic E-state index is 12.6. The zero-order valence-corrected chi connectivity index (χ0v) is 7.83. The highest BCUT2D eigenvalue weighted by Crippen LogP contribution is 2.07. The lowest BCUT2D eigenvalue weighted by Gasteiger charge is -2.06. The van der Waals surface area contributed by atoms with E-state index in [9.17, 15) is 9.18 Å². The molecule has 0 radical (unpaired) electrons. The Balaban J connectivity index is 2.56. The molecule has 1 amide bonds. The molecule has 0 aliphatic heterocycles. The smallest absolute Gasteiger partial charge is 0.225 e. The second-order valence-electron chi connectivity index (χ2n) is 3.12. The Labute approximate surface area is 81.3 Å². The largest absolute Gasteiger partial charge is 0.327 e. The van der Waals surface area contributed by atoms with Crippen LogP contribution in [0.4, 0.5) is 10.1 Å². The monoisotopic (exact) mass is 197 g/mol. The quantitative estimate of drug-likeness (QED) is 0.756. The molecule has 0 fully saturated rings. The highest BCUT2D eigenvalue weighted by molar-refractivity contribution is 5.90. The first kappa shape index (κ1) is 10.6. The Morgan fingerprint density at radius 2 is 2.43 bits per heavy atom. The minimum absolute atomic E-state index is 0.205. The van der Waals surface area contributed by atoms with Gasteiger partial charge in [0.05, 0.1) is 18.1 Å². The molecular formula is C9H12FN3O. The number of pyridine rings is 1. The molecule has 4 nitrogen and oxygen atoms in total. The van der Waals surface area contributed by atoms with Gasteiger partial charge < -0.3 is 11.1 Å². The Morgan fingerprint density at radius 1 is 1.71 bits per heavy atom. The number of anilines is 1. The number of aromatic nitrogens is 1. The van der Waals surface area contributed by atoms with Gasteiger partial charge in [0, 0.05) is 18.5 Å². The van der Waals surface area contributed by atoms with Crippen LogP contribution in [0.15, 0.2) is 18.5 Å². The van der Waals surface area contributed by atoms with Crippen LogP contribution < -0.4 is 11.1 Å². The highest BCUT2D eigenvalue weighted by Gasteiger charge is 2.05. The SMILES string of the molecule is CC(N)CC(=O)Nc1cncc(F)c1. The van der Waals surface area contributed by atoms with E-state index in [-0.39, 0.29) is 18.4 Å². The van der Waals surface area contributed by atoms with Gasteiger partial charge in [-0.05, 0) is 6.92 Å². The van der Waals surface area contributed by atoms with E-state index in [4.69, 9.17) is 5.73 Å². The summed E-state index contributed by atoms with van der Waals surface area (Å²) in [5.41, 5.74) is 5.77. The Kier molecular flexibility index (Phi) is 3.53. The Bertz CT molecular complexity index is 328. The normalized spacial score (nSPS) is 12.2. The van der Waals surface area contributed by atoms with Crippen molar-refractivity contribution in [1.29, 1.82) is 0 Å². The van der Waals surface area contributed by atoms with Crippen LogP contribution in [0, 0.1) is 5.82 Å². The number of carbonyl (C=O) groups is 1. The van der Waals surface area contributed by atoms with Gasteiger partial charge >= 0.3 is 0 Å². The maximum Gasteiger partial charge on any atom is 0.225 e. The van der Waals surface area contributed by atoms with E-state index in [1.54, 1.807) is 6.92 Å². The Hall–Kier alpha value is -1.49. The van der Waals surface area contributed by atoms with E-state index in [1.165, 1.54) is 12.3 Å². The summed E-state index contributed by atoms with van der Waals surface area (Å²) in [6, 6.07) is 0.989. The fraction of sp³-hybridized carbons (Fsp3) is 0.333. The molecule has 1 aromatic heterocycles. The van der Waals surface area contributed by atoms with Gasteiger partial charge in [-0.2, -0.15) is 0 Å². The molecule has 1 aromatic rings. The van der Waals surface area contributed by atoms with Crippen LogP contribution in [0.2, 0.25) is 0 Å². The van der Waals surface area contributed by atoms with E-state index in [2.05, 4.69) is 10.3 Å². The fourth-order valence-electron chi connectivity index (χ4n) is 0.985. The number of nitrogens with two attached hydrogens (primary N) is 1. The standard InChI is InChI=1S/C9H12FN3O/c1-6(11)2-9(14)13-8-3-7(10)4-12-5-8/h3-6H,2,11H2,1H3,(H,13,14). The van der Waals surface area contributed by atoms with Crippen LogP contribution in [-0.4, -0.2) is 16.9 Å². The average molecular weight is 197 g/mol. The predicted molar refractivity (Wildman–Crippen MR) is 51.1 cm³/mol. The lowest BCUT2D eigenvalue weighted by molar-refractivity contribution is -0.116. The van der Waals surface area contributed by atoms with E-state index < -0.39 is 5.82 Å². The average Bonchev–Trinajstić information content (AvgIpc) is 2.01. The maximum atomic E-state index is 12.6. The van der Waals surface area contributed by atoms with Crippen molar-refractivity contribution in [1.82, 2.24) is 4.98 Å². The van der Waals surface area contributed by atoms with Gasteiger partial charge in [-0.15, -0.1) is 0 Å². The molecule has 1 rings (SSSR count). The molecule has 76 valence electrons. The number of hydrogen-bond acceptors (Lipinski definition) is 3. The first-order valence-corrected chi connectivity index (χ1v) is 4.24. The summed E-state index contributed by atoms with van der Waals surface area (Å²) < 4.78 is 12.6. The van der Waals surface area contributed by atoms with Crippen molar-refractivity contribution in [2.24, 2.45) is 5.73 Å². The molecule has 5 heteroatoms. The molecule has 1 unspecified atom stereocenters. The van der Waals surface area contributed by atoms with Crippen LogP contribution in [0.25, 0.3) is 0 Å². The summed E-state index contributed by atoms with van der Waals surface area (Å²) in [5.74, 6) is -0.726. The number of nitrogens with zero attached hydrogens (tertiary/aromatic N) is 1. The van der Waals surface area contributed by atoms with Gasteiger partial charge in [-0.1, -0.05) is 0 Å². The topological polar surface area (TPSA) is 68.0 Å². The summed E-state index contributed by atoms with van der Waals surface area (Å²) in [6.07, 6.45) is 2.65. The van der Waals surface area contributed by atoms with Crippen molar-refractivity contribution in [3.63, 3.8) is 0 Å². The molecule has 0 saturated heterocycles. The molecule has 0 aliphatic rings. The molecule has 14 heavy (non-hydrogen) atoms. The van der Waals surface area contributed by atoms with Crippen LogP contribution in [0.1, 0.15) is 13.3 Å². The summed E-state index contributed by atoms with van der Waals surface area (Å²) in [6.45, 7) is 1.73. The first-order valence-electron chi connectivity index (χ1n) is 4.24. The summed E-state index contributed by atoms with van der Waals surface area (Å²) in [7, 11) is 0. The molecule has 0 bridgehead atoms. The number of amides is 1. The van der Waals surface area contributed by atoms with Crippen molar-refractivity contribution in [2.45, 2.75) is 19.4 Å². The van der Waals surface area contributed by atoms with Crippen molar-refractivity contribution >= 4 is 11.6 Å². The number of nitrogens with one attached hydrogen (secondary N) is 1. The van der Waals surface area contributed by atoms with Crippen LogP contribution >= 0.6 is 0 Å². The fourth-order valence-corrected chi connectivity index (χ4v) is 0.985. The van der Waals surface area contributed by atoms with E-state index in [0.29, 0.717) is 5.69 Å². The minimum Gasteiger partial charge on any atom is -0.327 e. The molecule has 1 atom stereocenters. The van der Waals surface area contributed by atoms with Gasteiger partial charge in [0.1, 0.15) is 5.82 Å². The van der Waals surface area contributed by atoms with Crippen molar-refractivity contribution < 1.29 is 9.18 Å². The van der Waals surface area contributed by atoms with Gasteiger partial charge in [0.15, 0.2) is 0 Å². The second kappa shape index (κ2) is 4.66. The molecule has 0 saturated carbocycles. The molecule has 0 aromatic carbocycles. The third-order valence-corrected chi connectivity index (χ3v) is 1.50. The second-order valence-corrected chi connectivity index (χ2v) is 3.12. The zero-order chi connectivity index (χ0) is 10.6. The summed E-state index contributed by atoms with van der Waals surface area (Å²) in [5, 5.41) is 2.49. The van der Waals surface area contributed by atoms with E-state index >= 15 is 0 Å². The number of rotatable bonds is 3. The molecule has 1 heterocycles. The van der Waals surface area contributed by atoms with Gasteiger partial charge in [0.2, 0.25) is 5.91 Å². The van der Waals surface area contributed by atoms with Gasteiger partial charge in [0.25, 0.3) is 0 Å². The van der Waals surface area contributed by atoms with Gasteiger partial charge in [-0.3, -0.25) is 9.78 Å². The molecular weight excluding hydrogens is 185 g/mol. The molecule has 0 spiro atoms. The van der Waals surface area contributed by atoms with Crippen molar-refractivity contribution in [3.8, 4) is 0 Å². The number of halogens is 1. The molecule has 0 aliphatic carbocycles. The molecule has 3 N–H and O–H groups in total. The Morgan fingerprint density at radius 3 is 3.00 bits per heavy atom. The lowest BCUT2D eigenvalue weighted by atomic mass is 10.2. The zero-order valence-electron chi connectivity index (χ0n) is 7.83. The van der Waals surface area contributed by atoms with Crippen molar-refractivity contribution in [3.05, 3.63) is 24.3 Å². The number of carbonyl (C=O) groups excluding carboxylic acids is 1. The highest BCUT2D eigenvalue weighted by atomic mass is 19.1. The summed E-state index contributed by atoms with van der Waals surface area (Å²) in [4.78, 5) is 14.8. The lowest BCUT2D eigenvalue weighted by Crippen LogP contribution is -2.24. The third-order valence-electron chi connectivity index (χ3n) is 1.50. The minimum atomic E-state index is -0.483. The first-order chi connectivity index (χ1) is 6.58. The van der Waals surface area contributed by atoms with Crippen LogP contribution in [-0.2, 0) is 4.79 Å². The van der Waals surface area contributed by atoms with E-state index in [0.717, 1.165) is 6.20 Å². The van der Waals surface area contributed by atoms with Gasteiger partial charge in [-0.25, -0.2) is 4.39 Å². The van der Waals surface area contributed by atoms with Crippen molar-refractivity contribution in [2.75, 3.05) is 5.32 Å². The van der Waals surface area contributed by atoms with Crippen LogP contribution in [0.3, 0.4) is 0 Å². The summed E-state index contributed by atoms with van der Waals surface area (Å²) >= 11 is 0. The van der Waals surface area contributed by atoms with E-state index in [1.807, 2.05) is 0 Å². The number of hydrogen-bond donors (Lipinski definition) is 2. The predicted octanol–water partition coefficient (Wildman–Crippen LogP) is 0.896. The van der Waals surface area contributed by atoms with Crippen LogP contribution in [0.5, 0.6) is 0 Å².